The van der Waals surface area contributed by atoms with Gasteiger partial charge in [0.15, 0.2) is 0 Å². The number of benzene rings is 2. The first-order valence-corrected chi connectivity index (χ1v) is 12.5. The number of nitrogens with zero attached hydrogens (tertiary/aromatic N) is 3. The Morgan fingerprint density at radius 2 is 1.76 bits per heavy atom. The van der Waals surface area contributed by atoms with E-state index in [0.717, 1.165) is 38.8 Å². The summed E-state index contributed by atoms with van der Waals surface area (Å²) in [4.78, 5) is 12.5. The van der Waals surface area contributed by atoms with Crippen LogP contribution in [0.25, 0.3) is 5.69 Å². The summed E-state index contributed by atoms with van der Waals surface area (Å²) in [5, 5.41) is 4.46. The molecule has 0 aliphatic heterocycles. The summed E-state index contributed by atoms with van der Waals surface area (Å²) in [7, 11) is -3.70. The number of rotatable bonds is 7. The third-order valence-electron chi connectivity index (χ3n) is 5.29. The van der Waals surface area contributed by atoms with Crippen molar-refractivity contribution in [2.45, 2.75) is 27.7 Å². The van der Waals surface area contributed by atoms with Crippen LogP contribution in [0, 0.1) is 27.7 Å². The van der Waals surface area contributed by atoms with Gasteiger partial charge in [-0.2, -0.15) is 5.10 Å². The van der Waals surface area contributed by atoms with Gasteiger partial charge in [-0.25, -0.2) is 13.8 Å². The number of hydrogen-bond acceptors (Lipinski definition) is 4. The number of carbonyl (C=O) groups excluding carboxylic acids is 1. The molecule has 1 aromatic heterocycles. The van der Waals surface area contributed by atoms with E-state index < -0.39 is 22.5 Å². The number of sulfonamides is 1. The minimum Gasteiger partial charge on any atom is -0.318 e. The van der Waals surface area contributed by atoms with Crippen LogP contribution in [0.2, 0.25) is 5.02 Å². The zero-order chi connectivity index (χ0) is 24.3. The van der Waals surface area contributed by atoms with Crippen molar-refractivity contribution in [1.29, 1.82) is 0 Å². The van der Waals surface area contributed by atoms with Crippen LogP contribution < -0.4 is 9.73 Å². The monoisotopic (exact) mass is 486 g/mol. The van der Waals surface area contributed by atoms with Gasteiger partial charge in [-0.3, -0.25) is 9.10 Å². The van der Waals surface area contributed by atoms with Crippen LogP contribution in [0.3, 0.4) is 0 Å². The molecule has 1 amide bonds. The third-order valence-corrected chi connectivity index (χ3v) is 6.83. The van der Waals surface area contributed by atoms with Crippen LogP contribution in [0.5, 0.6) is 0 Å². The van der Waals surface area contributed by atoms with E-state index in [-0.39, 0.29) is 0 Å². The van der Waals surface area contributed by atoms with Crippen LogP contribution >= 0.6 is 11.6 Å². The highest BCUT2D eigenvalue weighted by molar-refractivity contribution is 7.92. The fraction of sp³-hybridized carbons (Fsp3) is 0.250. The van der Waals surface area contributed by atoms with E-state index in [0.29, 0.717) is 10.7 Å². The smallest absolute Gasteiger partial charge is 0.260 e. The lowest BCUT2D eigenvalue weighted by molar-refractivity contribution is -0.119. The summed E-state index contributed by atoms with van der Waals surface area (Å²) in [6.07, 6.45) is 2.59. The molecule has 0 bridgehead atoms. The Labute approximate surface area is 199 Å². The summed E-state index contributed by atoms with van der Waals surface area (Å²) in [5.41, 5.74) is 8.61. The summed E-state index contributed by atoms with van der Waals surface area (Å²) < 4.78 is 27.6. The number of hydrogen-bond donors (Lipinski definition) is 1. The number of anilines is 1. The molecule has 0 unspecified atom stereocenters. The number of halogens is 1. The van der Waals surface area contributed by atoms with E-state index in [2.05, 4.69) is 39.4 Å². The normalized spacial score (nSPS) is 11.7. The van der Waals surface area contributed by atoms with E-state index in [1.165, 1.54) is 11.6 Å². The van der Waals surface area contributed by atoms with Crippen LogP contribution in [0.4, 0.5) is 5.69 Å². The van der Waals surface area contributed by atoms with Gasteiger partial charge in [0.05, 0.1) is 18.2 Å². The second-order valence-corrected chi connectivity index (χ2v) is 10.3. The molecule has 0 aliphatic rings. The van der Waals surface area contributed by atoms with Gasteiger partial charge in [0.2, 0.25) is 10.0 Å². The van der Waals surface area contributed by atoms with E-state index in [9.17, 15) is 13.2 Å². The molecule has 0 aliphatic carbocycles. The van der Waals surface area contributed by atoms with E-state index in [1.54, 1.807) is 18.3 Å². The van der Waals surface area contributed by atoms with Gasteiger partial charge in [-0.05, 0) is 63.6 Å². The van der Waals surface area contributed by atoms with E-state index in [1.807, 2.05) is 33.8 Å². The van der Waals surface area contributed by atoms with Crippen molar-refractivity contribution < 1.29 is 13.2 Å². The average molecular weight is 487 g/mol. The molecular weight excluding hydrogens is 460 g/mol. The van der Waals surface area contributed by atoms with Gasteiger partial charge >= 0.3 is 0 Å². The van der Waals surface area contributed by atoms with Crippen molar-refractivity contribution in [1.82, 2.24) is 9.99 Å². The lowest BCUT2D eigenvalue weighted by Crippen LogP contribution is -2.39. The number of amides is 1. The van der Waals surface area contributed by atoms with Crippen LogP contribution in [-0.4, -0.2) is 37.9 Å². The predicted octanol–water partition coefficient (Wildman–Crippen LogP) is 4.28. The molecular formula is C24H27ClN4O3S. The molecule has 1 heterocycles. The first kappa shape index (κ1) is 24.5. The Balaban J connectivity index is 1.74. The van der Waals surface area contributed by atoms with Gasteiger partial charge in [0.1, 0.15) is 6.54 Å². The Morgan fingerprint density at radius 3 is 2.36 bits per heavy atom. The molecule has 0 saturated carbocycles. The maximum absolute atomic E-state index is 12.5. The van der Waals surface area contributed by atoms with Gasteiger partial charge < -0.3 is 4.57 Å². The average Bonchev–Trinajstić information content (AvgIpc) is 3.01. The maximum atomic E-state index is 12.5. The number of aryl methyl sites for hydroxylation is 3. The predicted molar refractivity (Wildman–Crippen MR) is 134 cm³/mol. The maximum Gasteiger partial charge on any atom is 0.260 e. The molecule has 0 radical (unpaired) electrons. The molecule has 174 valence electrons. The van der Waals surface area contributed by atoms with Gasteiger partial charge in [-0.1, -0.05) is 35.4 Å². The first-order chi connectivity index (χ1) is 15.5. The summed E-state index contributed by atoms with van der Waals surface area (Å²) in [5.74, 6) is -0.569. The Hall–Kier alpha value is -3.10. The highest BCUT2D eigenvalue weighted by Gasteiger charge is 2.21. The second-order valence-electron chi connectivity index (χ2n) is 7.99. The SMILES string of the molecule is Cc1ccc(-n2c(C)cc(/C=N\NC(=O)CN(c3ccc(C)c(Cl)c3)S(C)(=O)=O)c2C)cc1. The van der Waals surface area contributed by atoms with Crippen molar-refractivity contribution >= 4 is 39.4 Å². The molecule has 3 rings (SSSR count). The minimum atomic E-state index is -3.70. The second kappa shape index (κ2) is 9.80. The number of carbonyl (C=O) groups is 1. The van der Waals surface area contributed by atoms with Crippen molar-refractivity contribution in [2.24, 2.45) is 5.10 Å². The zero-order valence-electron chi connectivity index (χ0n) is 19.3. The van der Waals surface area contributed by atoms with Crippen molar-refractivity contribution in [3.63, 3.8) is 0 Å². The lowest BCUT2D eigenvalue weighted by atomic mass is 10.2. The molecule has 9 heteroatoms. The van der Waals surface area contributed by atoms with Crippen molar-refractivity contribution in [3.05, 3.63) is 81.6 Å². The number of hydrazone groups is 1. The van der Waals surface area contributed by atoms with E-state index in [4.69, 9.17) is 11.6 Å². The molecule has 0 spiro atoms. The number of nitrogens with one attached hydrogen (secondary N) is 1. The van der Waals surface area contributed by atoms with Crippen molar-refractivity contribution in [2.75, 3.05) is 17.1 Å². The number of aromatic nitrogens is 1. The standard InChI is InChI=1S/C24H27ClN4O3S/c1-16-6-9-21(10-7-16)29-18(3)12-20(19(29)4)14-26-27-24(30)15-28(33(5,31)32)22-11-8-17(2)23(25)13-22/h6-14H,15H2,1-5H3,(H,27,30)/b26-14-. The fourth-order valence-corrected chi connectivity index (χ4v) is 4.51. The Kier molecular flexibility index (Phi) is 7.29. The molecule has 33 heavy (non-hydrogen) atoms. The van der Waals surface area contributed by atoms with Gasteiger partial charge in [-0.15, -0.1) is 0 Å². The highest BCUT2D eigenvalue weighted by Crippen LogP contribution is 2.25. The third kappa shape index (κ3) is 5.83. The highest BCUT2D eigenvalue weighted by atomic mass is 35.5. The molecule has 7 nitrogen and oxygen atoms in total. The Morgan fingerprint density at radius 1 is 1.09 bits per heavy atom. The topological polar surface area (TPSA) is 83.8 Å². The molecule has 0 saturated heterocycles. The van der Waals surface area contributed by atoms with Crippen molar-refractivity contribution in [3.8, 4) is 5.69 Å². The molecule has 1 N–H and O–H groups in total. The van der Waals surface area contributed by atoms with Gasteiger partial charge in [0.25, 0.3) is 5.91 Å². The van der Waals surface area contributed by atoms with Crippen LogP contribution in [0.15, 0.2) is 53.6 Å². The van der Waals surface area contributed by atoms with Gasteiger partial charge in [0, 0.05) is 27.7 Å². The zero-order valence-corrected chi connectivity index (χ0v) is 20.8. The fourth-order valence-electron chi connectivity index (χ4n) is 3.49. The van der Waals surface area contributed by atoms with Crippen LogP contribution in [0.1, 0.15) is 28.1 Å². The lowest BCUT2D eigenvalue weighted by Gasteiger charge is -2.21. The summed E-state index contributed by atoms with van der Waals surface area (Å²) >= 11 is 6.13. The largest absolute Gasteiger partial charge is 0.318 e. The molecule has 0 atom stereocenters. The van der Waals surface area contributed by atoms with E-state index >= 15 is 0 Å². The Bertz CT molecular complexity index is 1310. The molecule has 3 aromatic rings. The first-order valence-electron chi connectivity index (χ1n) is 10.3. The van der Waals surface area contributed by atoms with Crippen LogP contribution in [-0.2, 0) is 14.8 Å². The summed E-state index contributed by atoms with van der Waals surface area (Å²) in [6.45, 7) is 7.41. The molecule has 0 fully saturated rings. The summed E-state index contributed by atoms with van der Waals surface area (Å²) in [6, 6.07) is 15.0. The molecule has 2 aromatic carbocycles. The minimum absolute atomic E-state index is 0.314. The quantitative estimate of drug-likeness (QED) is 0.399.